The molecular weight excluding hydrogens is 402 g/mol. The third kappa shape index (κ3) is 7.51. The van der Waals surface area contributed by atoms with E-state index in [4.69, 9.17) is 0 Å². The van der Waals surface area contributed by atoms with Crippen molar-refractivity contribution in [3.05, 3.63) is 109 Å². The molecule has 0 bridgehead atoms. The Balaban J connectivity index is 2.27. The molecule has 2 rings (SSSR count). The minimum absolute atomic E-state index is 0.0213. The van der Waals surface area contributed by atoms with Gasteiger partial charge >= 0.3 is 0 Å². The normalized spacial score (nSPS) is 33.4. The van der Waals surface area contributed by atoms with Gasteiger partial charge in [-0.25, -0.2) is 0 Å². The molecular formula is C27H29NO4. The Kier molecular flexibility index (Phi) is 9.36. The van der Waals surface area contributed by atoms with Gasteiger partial charge in [-0.2, -0.15) is 0 Å². The van der Waals surface area contributed by atoms with Crippen molar-refractivity contribution in [1.29, 1.82) is 0 Å². The second-order valence-corrected chi connectivity index (χ2v) is 7.83. The highest BCUT2D eigenvalue weighted by Gasteiger charge is 2.43. The number of ketones is 2. The molecule has 0 aromatic heterocycles. The summed E-state index contributed by atoms with van der Waals surface area (Å²) < 4.78 is 0. The smallest absolute Gasteiger partial charge is 0.243 e. The van der Waals surface area contributed by atoms with E-state index in [9.17, 15) is 19.5 Å². The van der Waals surface area contributed by atoms with Crippen LogP contribution in [0, 0.1) is 11.3 Å². The summed E-state index contributed by atoms with van der Waals surface area (Å²) in [6.45, 7) is 4.28. The van der Waals surface area contributed by atoms with Gasteiger partial charge in [-0.3, -0.25) is 14.4 Å². The summed E-state index contributed by atoms with van der Waals surface area (Å²) in [7, 11) is 0. The lowest BCUT2D eigenvalue weighted by Crippen LogP contribution is -2.25. The van der Waals surface area contributed by atoms with Crippen LogP contribution in [0.2, 0.25) is 0 Å². The fraction of sp³-hybridized carbons (Fsp3) is 0.222. The number of hydrogen-bond acceptors (Lipinski definition) is 4. The predicted molar refractivity (Wildman–Crippen MR) is 128 cm³/mol. The lowest BCUT2D eigenvalue weighted by Gasteiger charge is -2.20. The van der Waals surface area contributed by atoms with E-state index >= 15 is 0 Å². The van der Waals surface area contributed by atoms with E-state index in [1.807, 2.05) is 43.4 Å². The molecule has 2 aliphatic rings. The molecule has 0 aromatic rings. The van der Waals surface area contributed by atoms with Crippen LogP contribution < -0.4 is 5.32 Å². The lowest BCUT2D eigenvalue weighted by molar-refractivity contribution is -0.118. The third-order valence-corrected chi connectivity index (χ3v) is 4.95. The molecule has 0 fully saturated rings. The molecule has 5 nitrogen and oxygen atoms in total. The molecule has 1 aliphatic carbocycles. The van der Waals surface area contributed by atoms with Gasteiger partial charge < -0.3 is 10.4 Å². The molecule has 0 aromatic carbocycles. The summed E-state index contributed by atoms with van der Waals surface area (Å²) in [4.78, 5) is 36.6. The highest BCUT2D eigenvalue weighted by molar-refractivity contribution is 6.14. The highest BCUT2D eigenvalue weighted by Crippen LogP contribution is 2.42. The number of nitrogens with one attached hydrogen (secondary N) is 1. The number of hydrogen-bond donors (Lipinski definition) is 2. The molecule has 32 heavy (non-hydrogen) atoms. The Morgan fingerprint density at radius 2 is 1.41 bits per heavy atom. The number of rotatable bonds is 0. The zero-order valence-corrected chi connectivity index (χ0v) is 18.4. The monoisotopic (exact) mass is 431 g/mol. The van der Waals surface area contributed by atoms with Crippen LogP contribution in [0.25, 0.3) is 0 Å². The molecule has 1 amide bonds. The first-order valence-corrected chi connectivity index (χ1v) is 10.5. The molecule has 1 heterocycles. The number of amides is 1. The largest absolute Gasteiger partial charge is 0.504 e. The summed E-state index contributed by atoms with van der Waals surface area (Å²) >= 11 is 0. The van der Waals surface area contributed by atoms with Crippen molar-refractivity contribution in [3.63, 3.8) is 0 Å². The van der Waals surface area contributed by atoms with Crippen LogP contribution in [0.4, 0.5) is 0 Å². The van der Waals surface area contributed by atoms with Crippen molar-refractivity contribution < 1.29 is 19.5 Å². The fourth-order valence-electron chi connectivity index (χ4n) is 3.25. The van der Waals surface area contributed by atoms with E-state index in [-0.39, 0.29) is 23.8 Å². The minimum Gasteiger partial charge on any atom is -0.504 e. The zero-order valence-electron chi connectivity index (χ0n) is 18.4. The van der Waals surface area contributed by atoms with E-state index in [0.717, 1.165) is 0 Å². The van der Waals surface area contributed by atoms with Gasteiger partial charge in [-0.15, -0.1) is 0 Å². The summed E-state index contributed by atoms with van der Waals surface area (Å²) in [5, 5.41) is 13.0. The van der Waals surface area contributed by atoms with Crippen molar-refractivity contribution >= 4 is 17.5 Å². The van der Waals surface area contributed by atoms with E-state index in [1.165, 1.54) is 12.2 Å². The Morgan fingerprint density at radius 1 is 0.844 bits per heavy atom. The van der Waals surface area contributed by atoms with Gasteiger partial charge in [0.2, 0.25) is 5.91 Å². The van der Waals surface area contributed by atoms with Crippen LogP contribution >= 0.6 is 0 Å². The molecule has 0 saturated heterocycles. The van der Waals surface area contributed by atoms with Gasteiger partial charge in [-0.1, -0.05) is 98.9 Å². The van der Waals surface area contributed by atoms with Gasteiger partial charge in [0.25, 0.3) is 0 Å². The standard InChI is InChI=1S/C27H29NO4/c1-21-15-11-7-5-3-4-6-8-12-16-22(29)25-26(32)23(30)19-27(25,2)18-14-10-9-13-17-24(31)28-20-21/h3-18,21,32H,19-20H2,1-2H3,(H,28,31)/b4-3-,7-5+,8-6+,10-9-,15-11-,16-12+,17-13-,18-14+/t21-,27-/m1/s1. The predicted octanol–water partition coefficient (Wildman–Crippen LogP) is 4.56. The SMILES string of the molecule is C[C@@H]1\C=C/C=C/C=C\C=C\C=C\C(=O)C2=C(O)C(=O)C[C@@]2(C)/C=C/C=C\C=C/C(=O)NC1. The molecule has 0 saturated carbocycles. The first-order chi connectivity index (χ1) is 15.3. The Hall–Kier alpha value is -3.73. The van der Waals surface area contributed by atoms with Crippen molar-refractivity contribution in [3.8, 4) is 0 Å². The summed E-state index contributed by atoms with van der Waals surface area (Å²) in [5.41, 5.74) is -0.814. The zero-order chi connectivity index (χ0) is 23.4. The second-order valence-electron chi connectivity index (χ2n) is 7.83. The first-order valence-electron chi connectivity index (χ1n) is 10.5. The van der Waals surface area contributed by atoms with Gasteiger partial charge in [0.05, 0.1) is 5.57 Å². The van der Waals surface area contributed by atoms with E-state index in [1.54, 1.807) is 55.5 Å². The van der Waals surface area contributed by atoms with Gasteiger partial charge in [0.1, 0.15) is 0 Å². The summed E-state index contributed by atoms with van der Waals surface area (Å²) in [6.07, 6.45) is 27.6. The maximum absolute atomic E-state index is 12.7. The van der Waals surface area contributed by atoms with E-state index in [2.05, 4.69) is 5.32 Å². The molecule has 0 spiro atoms. The van der Waals surface area contributed by atoms with Gasteiger partial charge in [0, 0.05) is 24.5 Å². The van der Waals surface area contributed by atoms with Crippen LogP contribution in [0.1, 0.15) is 20.3 Å². The number of carbonyl (C=O) groups excluding carboxylic acids is 3. The summed E-state index contributed by atoms with van der Waals surface area (Å²) in [6, 6.07) is 0. The molecule has 0 unspecified atom stereocenters. The van der Waals surface area contributed by atoms with Crippen LogP contribution in [0.15, 0.2) is 109 Å². The lowest BCUT2D eigenvalue weighted by atomic mass is 9.80. The molecule has 2 atom stereocenters. The average Bonchev–Trinajstić information content (AvgIpc) is 2.97. The topological polar surface area (TPSA) is 83.5 Å². The maximum atomic E-state index is 12.7. The van der Waals surface area contributed by atoms with Gasteiger partial charge in [-0.05, 0) is 12.0 Å². The summed E-state index contributed by atoms with van der Waals surface area (Å²) in [5.74, 6) is -1.34. The molecule has 166 valence electrons. The van der Waals surface area contributed by atoms with Crippen LogP contribution in [-0.4, -0.2) is 29.1 Å². The van der Waals surface area contributed by atoms with Crippen LogP contribution in [-0.2, 0) is 14.4 Å². The average molecular weight is 432 g/mol. The van der Waals surface area contributed by atoms with Crippen molar-refractivity contribution in [2.75, 3.05) is 6.54 Å². The van der Waals surface area contributed by atoms with Crippen LogP contribution in [0.5, 0.6) is 0 Å². The molecule has 1 aliphatic heterocycles. The number of allylic oxidation sites excluding steroid dienone is 16. The number of aliphatic hydroxyl groups excluding tert-OH is 1. The fourth-order valence-corrected chi connectivity index (χ4v) is 3.25. The van der Waals surface area contributed by atoms with E-state index in [0.29, 0.717) is 6.54 Å². The molecule has 5 heteroatoms. The quantitative estimate of drug-likeness (QED) is 0.589. The maximum Gasteiger partial charge on any atom is 0.243 e. The molecule has 2 N–H and O–H groups in total. The number of fused-ring (bicyclic) bond motifs is 1. The first kappa shape index (κ1) is 24.5. The van der Waals surface area contributed by atoms with Crippen LogP contribution in [0.3, 0.4) is 0 Å². The number of aliphatic hydroxyl groups is 1. The highest BCUT2D eigenvalue weighted by atomic mass is 16.3. The van der Waals surface area contributed by atoms with Crippen molar-refractivity contribution in [2.24, 2.45) is 11.3 Å². The minimum atomic E-state index is -0.902. The number of carbonyl (C=O) groups is 3. The molecule has 0 radical (unpaired) electrons. The second kappa shape index (κ2) is 12.2. The van der Waals surface area contributed by atoms with Crippen molar-refractivity contribution in [1.82, 2.24) is 5.32 Å². The Labute approximate surface area is 189 Å². The van der Waals surface area contributed by atoms with E-state index < -0.39 is 22.7 Å². The Morgan fingerprint density at radius 3 is 2.09 bits per heavy atom. The van der Waals surface area contributed by atoms with Crippen molar-refractivity contribution in [2.45, 2.75) is 20.3 Å². The van der Waals surface area contributed by atoms with Gasteiger partial charge in [0.15, 0.2) is 17.3 Å². The third-order valence-electron chi connectivity index (χ3n) is 4.95. The Bertz CT molecular complexity index is 999. The number of Topliss-reactive ketones (excluding diaryl/α,β-unsaturated/α-hetero) is 1.